The maximum atomic E-state index is 12.3. The smallest absolute Gasteiger partial charge is 0.317 e. The second-order valence-corrected chi connectivity index (χ2v) is 7.02. The molecule has 31 heavy (non-hydrogen) atoms. The second-order valence-electron chi connectivity index (χ2n) is 7.02. The highest BCUT2D eigenvalue weighted by atomic mass is 16.5. The maximum Gasteiger partial charge on any atom is 0.317 e. The number of rotatable bonds is 10. The number of ether oxygens (including phenoxy) is 1. The molecule has 0 bridgehead atoms. The molecule has 3 amide bonds. The van der Waals surface area contributed by atoms with Gasteiger partial charge in [0.15, 0.2) is 0 Å². The third-order valence-corrected chi connectivity index (χ3v) is 4.56. The van der Waals surface area contributed by atoms with Gasteiger partial charge in [0.05, 0.1) is 18.6 Å². The van der Waals surface area contributed by atoms with Crippen molar-refractivity contribution in [3.63, 3.8) is 0 Å². The summed E-state index contributed by atoms with van der Waals surface area (Å²) in [6.45, 7) is 1.86. The lowest BCUT2D eigenvalue weighted by Crippen LogP contribution is -2.38. The van der Waals surface area contributed by atoms with Crippen LogP contribution in [-0.2, 0) is 17.9 Å². The lowest BCUT2D eigenvalue weighted by Gasteiger charge is -2.18. The van der Waals surface area contributed by atoms with Gasteiger partial charge in [-0.3, -0.25) is 4.79 Å². The molecule has 8 nitrogen and oxygen atoms in total. The van der Waals surface area contributed by atoms with Gasteiger partial charge in [0.25, 0.3) is 0 Å². The van der Waals surface area contributed by atoms with Gasteiger partial charge in [-0.15, -0.1) is 0 Å². The highest BCUT2D eigenvalue weighted by Crippen LogP contribution is 2.23. The van der Waals surface area contributed by atoms with Gasteiger partial charge in [-0.25, -0.2) is 9.78 Å². The molecule has 0 aliphatic heterocycles. The van der Waals surface area contributed by atoms with Gasteiger partial charge in [-0.2, -0.15) is 0 Å². The SMILES string of the molecule is CN(Cc1ccccc1)C(=O)NCCC(=O)Nc1ccccc1OCCn1ccnc1. The monoisotopic (exact) mass is 421 g/mol. The van der Waals surface area contributed by atoms with Gasteiger partial charge in [0.2, 0.25) is 5.91 Å². The summed E-state index contributed by atoms with van der Waals surface area (Å²) >= 11 is 0. The topological polar surface area (TPSA) is 88.5 Å². The van der Waals surface area contributed by atoms with Crippen molar-refractivity contribution >= 4 is 17.6 Å². The lowest BCUT2D eigenvalue weighted by atomic mass is 10.2. The Balaban J connectivity index is 1.40. The zero-order chi connectivity index (χ0) is 21.9. The highest BCUT2D eigenvalue weighted by molar-refractivity contribution is 5.92. The molecule has 0 saturated carbocycles. The summed E-state index contributed by atoms with van der Waals surface area (Å²) < 4.78 is 7.72. The molecule has 1 aromatic heterocycles. The summed E-state index contributed by atoms with van der Waals surface area (Å²) in [4.78, 5) is 30.1. The molecule has 8 heteroatoms. The van der Waals surface area contributed by atoms with E-state index in [2.05, 4.69) is 15.6 Å². The molecular formula is C23H27N5O3. The Morgan fingerprint density at radius 1 is 1.10 bits per heavy atom. The van der Waals surface area contributed by atoms with Crippen LogP contribution < -0.4 is 15.4 Å². The standard InChI is InChI=1S/C23H27N5O3/c1-27(17-19-7-3-2-4-8-19)23(30)25-12-11-22(29)26-20-9-5-6-10-21(20)31-16-15-28-14-13-24-18-28/h2-10,13-14,18H,11-12,15-17H2,1H3,(H,25,30)(H,26,29). The minimum atomic E-state index is -0.222. The van der Waals surface area contributed by atoms with Gasteiger partial charge in [-0.1, -0.05) is 42.5 Å². The molecule has 0 saturated heterocycles. The van der Waals surface area contributed by atoms with E-state index >= 15 is 0 Å². The van der Waals surface area contributed by atoms with E-state index in [0.29, 0.717) is 31.1 Å². The summed E-state index contributed by atoms with van der Waals surface area (Å²) in [5, 5.41) is 5.62. The van der Waals surface area contributed by atoms with Crippen LogP contribution in [0.2, 0.25) is 0 Å². The van der Waals surface area contributed by atoms with Crippen LogP contribution in [0.3, 0.4) is 0 Å². The molecule has 0 spiro atoms. The Kier molecular flexibility index (Phi) is 8.05. The van der Waals surface area contributed by atoms with Crippen LogP contribution in [0, 0.1) is 0 Å². The lowest BCUT2D eigenvalue weighted by molar-refractivity contribution is -0.116. The molecule has 1 heterocycles. The van der Waals surface area contributed by atoms with E-state index in [4.69, 9.17) is 4.74 Å². The molecule has 0 fully saturated rings. The van der Waals surface area contributed by atoms with Gasteiger partial charge < -0.3 is 24.8 Å². The fourth-order valence-corrected chi connectivity index (χ4v) is 2.94. The number of carbonyl (C=O) groups is 2. The Hall–Kier alpha value is -3.81. The average Bonchev–Trinajstić information content (AvgIpc) is 3.29. The van der Waals surface area contributed by atoms with Crippen LogP contribution in [0.15, 0.2) is 73.3 Å². The first-order valence-electron chi connectivity index (χ1n) is 10.1. The van der Waals surface area contributed by atoms with Gasteiger partial charge in [-0.05, 0) is 17.7 Å². The Labute approximate surface area is 181 Å². The number of anilines is 1. The average molecular weight is 422 g/mol. The number of urea groups is 1. The number of aromatic nitrogens is 2. The van der Waals surface area contributed by atoms with Gasteiger partial charge in [0, 0.05) is 39.0 Å². The van der Waals surface area contributed by atoms with Crippen molar-refractivity contribution in [1.29, 1.82) is 0 Å². The predicted octanol–water partition coefficient (Wildman–Crippen LogP) is 3.13. The molecule has 0 aliphatic rings. The number of benzene rings is 2. The number of nitrogens with one attached hydrogen (secondary N) is 2. The first-order valence-corrected chi connectivity index (χ1v) is 10.1. The maximum absolute atomic E-state index is 12.3. The number of nitrogens with zero attached hydrogens (tertiary/aromatic N) is 3. The predicted molar refractivity (Wildman–Crippen MR) is 119 cm³/mol. The third-order valence-electron chi connectivity index (χ3n) is 4.56. The molecular weight excluding hydrogens is 394 g/mol. The first-order chi connectivity index (χ1) is 15.1. The normalized spacial score (nSPS) is 10.4. The van der Waals surface area contributed by atoms with Crippen LogP contribution >= 0.6 is 0 Å². The molecule has 0 unspecified atom stereocenters. The van der Waals surface area contributed by atoms with E-state index in [9.17, 15) is 9.59 Å². The number of amides is 3. The number of para-hydroxylation sites is 2. The Morgan fingerprint density at radius 2 is 1.87 bits per heavy atom. The summed E-state index contributed by atoms with van der Waals surface area (Å²) in [5.41, 5.74) is 1.65. The number of imidazole rings is 1. The van der Waals surface area contributed by atoms with E-state index in [1.807, 2.05) is 59.3 Å². The fraction of sp³-hybridized carbons (Fsp3) is 0.261. The van der Waals surface area contributed by atoms with E-state index in [-0.39, 0.29) is 24.9 Å². The second kappa shape index (κ2) is 11.4. The largest absolute Gasteiger partial charge is 0.490 e. The van der Waals surface area contributed by atoms with Crippen LogP contribution in [-0.4, -0.2) is 46.6 Å². The molecule has 162 valence electrons. The van der Waals surface area contributed by atoms with Crippen molar-refractivity contribution in [2.75, 3.05) is 25.5 Å². The number of hydrogen-bond donors (Lipinski definition) is 2. The van der Waals surface area contributed by atoms with Crippen molar-refractivity contribution in [3.05, 3.63) is 78.9 Å². The summed E-state index contributed by atoms with van der Waals surface area (Å²) in [7, 11) is 1.72. The Morgan fingerprint density at radius 3 is 2.65 bits per heavy atom. The van der Waals surface area contributed by atoms with Gasteiger partial charge >= 0.3 is 6.03 Å². The molecule has 2 aromatic carbocycles. The third kappa shape index (κ3) is 7.18. The first kappa shape index (κ1) is 21.9. The Bertz CT molecular complexity index is 960. The van der Waals surface area contributed by atoms with E-state index in [1.54, 1.807) is 30.5 Å². The van der Waals surface area contributed by atoms with E-state index in [1.165, 1.54) is 0 Å². The van der Waals surface area contributed by atoms with Crippen molar-refractivity contribution < 1.29 is 14.3 Å². The number of carbonyl (C=O) groups excluding carboxylic acids is 2. The van der Waals surface area contributed by atoms with Crippen molar-refractivity contribution in [2.45, 2.75) is 19.5 Å². The van der Waals surface area contributed by atoms with Crippen molar-refractivity contribution in [1.82, 2.24) is 19.8 Å². The summed E-state index contributed by atoms with van der Waals surface area (Å²) in [6, 6.07) is 16.8. The summed E-state index contributed by atoms with van der Waals surface area (Å²) in [5.74, 6) is 0.402. The zero-order valence-corrected chi connectivity index (χ0v) is 17.5. The van der Waals surface area contributed by atoms with E-state index < -0.39 is 0 Å². The quantitative estimate of drug-likeness (QED) is 0.526. The molecule has 0 aliphatic carbocycles. The van der Waals surface area contributed by atoms with Crippen LogP contribution in [0.5, 0.6) is 5.75 Å². The van der Waals surface area contributed by atoms with Gasteiger partial charge in [0.1, 0.15) is 12.4 Å². The van der Waals surface area contributed by atoms with Crippen LogP contribution in [0.4, 0.5) is 10.5 Å². The van der Waals surface area contributed by atoms with Crippen LogP contribution in [0.25, 0.3) is 0 Å². The van der Waals surface area contributed by atoms with E-state index in [0.717, 1.165) is 5.56 Å². The van der Waals surface area contributed by atoms with Crippen molar-refractivity contribution in [3.8, 4) is 5.75 Å². The zero-order valence-electron chi connectivity index (χ0n) is 17.5. The summed E-state index contributed by atoms with van der Waals surface area (Å²) in [6.07, 6.45) is 5.46. The molecule has 3 aromatic rings. The van der Waals surface area contributed by atoms with Crippen LogP contribution in [0.1, 0.15) is 12.0 Å². The minimum absolute atomic E-state index is 0.161. The molecule has 0 radical (unpaired) electrons. The molecule has 0 atom stereocenters. The minimum Gasteiger partial charge on any atom is -0.490 e. The van der Waals surface area contributed by atoms with Crippen molar-refractivity contribution in [2.24, 2.45) is 0 Å². The molecule has 3 rings (SSSR count). The molecule has 2 N–H and O–H groups in total. The fourth-order valence-electron chi connectivity index (χ4n) is 2.94. The highest BCUT2D eigenvalue weighted by Gasteiger charge is 2.11. The number of hydrogen-bond acceptors (Lipinski definition) is 4.